The Bertz CT molecular complexity index is 166. The molecule has 0 aromatic rings. The van der Waals surface area contributed by atoms with Crippen molar-refractivity contribution in [1.82, 2.24) is 5.32 Å². The van der Waals surface area contributed by atoms with Crippen LogP contribution in [0.4, 0.5) is 0 Å². The fourth-order valence-corrected chi connectivity index (χ4v) is 4.89. The summed E-state index contributed by atoms with van der Waals surface area (Å²) in [5, 5.41) is 11.6. The maximum Gasteiger partial charge on any atom is 0.176 e. The first kappa shape index (κ1) is 11.5. The topological polar surface area (TPSA) is 35.8 Å². The Morgan fingerprint density at radius 3 is 1.75 bits per heavy atom. The molecule has 0 fully saturated rings. The molecule has 0 aromatic carbocycles. The van der Waals surface area contributed by atoms with Crippen LogP contribution in [0.1, 0.15) is 20.8 Å². The van der Waals surface area contributed by atoms with Crippen molar-refractivity contribution < 1.29 is 0 Å². The molecule has 0 saturated carbocycles. The molecule has 12 heavy (non-hydrogen) atoms. The highest BCUT2D eigenvalue weighted by Crippen LogP contribution is 2.26. The van der Waals surface area contributed by atoms with E-state index in [4.69, 9.17) is 5.26 Å². The van der Waals surface area contributed by atoms with Crippen LogP contribution in [0.3, 0.4) is 0 Å². The number of hydrogen-bond donors (Lipinski definition) is 1. The molecular formula is C9H20N2Si. The molecule has 0 aliphatic rings. The minimum atomic E-state index is -1.28. The molecule has 0 radical (unpaired) electrons. The number of nitriles is 1. The van der Waals surface area contributed by atoms with E-state index in [0.29, 0.717) is 5.67 Å². The summed E-state index contributed by atoms with van der Waals surface area (Å²) < 4.78 is 0. The van der Waals surface area contributed by atoms with Gasteiger partial charge in [-0.25, -0.2) is 0 Å². The average Bonchev–Trinajstić information content (AvgIpc) is 1.77. The predicted molar refractivity (Wildman–Crippen MR) is 55.3 cm³/mol. The quantitative estimate of drug-likeness (QED) is 0.406. The third kappa shape index (κ3) is 3.27. The van der Waals surface area contributed by atoms with Crippen molar-refractivity contribution in [1.29, 1.82) is 5.26 Å². The van der Waals surface area contributed by atoms with Gasteiger partial charge < -0.3 is 5.32 Å². The summed E-state index contributed by atoms with van der Waals surface area (Å²) in [5.41, 5.74) is 0.537. The van der Waals surface area contributed by atoms with Gasteiger partial charge in [0.15, 0.2) is 6.19 Å². The van der Waals surface area contributed by atoms with Gasteiger partial charge in [0.05, 0.1) is 8.07 Å². The van der Waals surface area contributed by atoms with Gasteiger partial charge in [0.1, 0.15) is 0 Å². The van der Waals surface area contributed by atoms with E-state index < -0.39 is 8.07 Å². The fraction of sp³-hybridized carbons (Fsp3) is 0.889. The first-order chi connectivity index (χ1) is 5.19. The highest BCUT2D eigenvalue weighted by Gasteiger charge is 2.35. The smallest absolute Gasteiger partial charge is 0.176 e. The van der Waals surface area contributed by atoms with Gasteiger partial charge in [-0.15, -0.1) is 0 Å². The van der Waals surface area contributed by atoms with Crippen LogP contribution in [0.2, 0.25) is 19.6 Å². The molecule has 0 aromatic heterocycles. The number of hydrogen-bond acceptors (Lipinski definition) is 2. The van der Waals surface area contributed by atoms with Crippen LogP contribution >= 0.6 is 0 Å². The third-order valence-corrected chi connectivity index (χ3v) is 4.68. The molecule has 2 nitrogen and oxygen atoms in total. The second-order valence-electron chi connectivity index (χ2n) is 5.42. The molecule has 3 heteroatoms. The minimum Gasteiger partial charge on any atom is -0.323 e. The van der Waals surface area contributed by atoms with Crippen LogP contribution in [-0.2, 0) is 0 Å². The van der Waals surface area contributed by atoms with Gasteiger partial charge in [-0.3, -0.25) is 0 Å². The van der Waals surface area contributed by atoms with Gasteiger partial charge >= 0.3 is 0 Å². The summed E-state index contributed by atoms with van der Waals surface area (Å²) in [7, 11) is -1.28. The molecule has 0 rings (SSSR count). The first-order valence-corrected chi connectivity index (χ1v) is 7.92. The van der Waals surface area contributed by atoms with Crippen LogP contribution in [0.15, 0.2) is 0 Å². The Morgan fingerprint density at radius 1 is 1.25 bits per heavy atom. The Labute approximate surface area is 77.0 Å². The van der Waals surface area contributed by atoms with Crippen LogP contribution in [0, 0.1) is 16.9 Å². The highest BCUT2D eigenvalue weighted by molar-refractivity contribution is 6.77. The first-order valence-electron chi connectivity index (χ1n) is 4.34. The van der Waals surface area contributed by atoms with E-state index in [-0.39, 0.29) is 5.41 Å². The molecule has 1 N–H and O–H groups in total. The largest absolute Gasteiger partial charge is 0.323 e. The van der Waals surface area contributed by atoms with Crippen molar-refractivity contribution in [2.75, 3.05) is 0 Å². The predicted octanol–water partition coefficient (Wildman–Crippen LogP) is 2.35. The third-order valence-electron chi connectivity index (χ3n) is 1.94. The van der Waals surface area contributed by atoms with Crippen molar-refractivity contribution in [3.63, 3.8) is 0 Å². The summed E-state index contributed by atoms with van der Waals surface area (Å²) in [6.45, 7) is 13.4. The second kappa shape index (κ2) is 3.49. The lowest BCUT2D eigenvalue weighted by Crippen LogP contribution is -2.54. The SMILES string of the molecule is CC(C)(C)C(NC#N)[Si](C)(C)C. The Morgan fingerprint density at radius 2 is 1.67 bits per heavy atom. The summed E-state index contributed by atoms with van der Waals surface area (Å²) in [6, 6.07) is 0. The minimum absolute atomic E-state index is 0.181. The summed E-state index contributed by atoms with van der Waals surface area (Å²) >= 11 is 0. The zero-order chi connectivity index (χ0) is 9.99. The summed E-state index contributed by atoms with van der Waals surface area (Å²) in [5.74, 6) is 0. The molecule has 0 amide bonds. The second-order valence-corrected chi connectivity index (χ2v) is 10.7. The normalized spacial score (nSPS) is 15.1. The van der Waals surface area contributed by atoms with E-state index in [1.54, 1.807) is 0 Å². The molecule has 0 aliphatic carbocycles. The van der Waals surface area contributed by atoms with E-state index in [0.717, 1.165) is 0 Å². The monoisotopic (exact) mass is 184 g/mol. The van der Waals surface area contributed by atoms with Crippen molar-refractivity contribution >= 4 is 8.07 Å². The maximum atomic E-state index is 8.62. The summed E-state index contributed by atoms with van der Waals surface area (Å²) in [6.07, 6.45) is 2.07. The molecule has 0 bridgehead atoms. The van der Waals surface area contributed by atoms with Gasteiger partial charge in [0.25, 0.3) is 0 Å². The van der Waals surface area contributed by atoms with E-state index >= 15 is 0 Å². The standard InChI is InChI=1S/C9H20N2Si/c1-9(2,3)8(11-7-10)12(4,5)6/h8,11H,1-6H3. The highest BCUT2D eigenvalue weighted by atomic mass is 28.3. The molecule has 0 saturated heterocycles. The van der Waals surface area contributed by atoms with Crippen molar-refractivity contribution in [2.45, 2.75) is 46.1 Å². The number of nitrogens with one attached hydrogen (secondary N) is 1. The van der Waals surface area contributed by atoms with Crippen LogP contribution < -0.4 is 5.32 Å². The molecule has 1 unspecified atom stereocenters. The number of nitrogens with zero attached hydrogens (tertiary/aromatic N) is 1. The Hall–Kier alpha value is -0.493. The van der Waals surface area contributed by atoms with Gasteiger partial charge in [0.2, 0.25) is 0 Å². The zero-order valence-electron chi connectivity index (χ0n) is 9.02. The van der Waals surface area contributed by atoms with Crippen molar-refractivity contribution in [2.24, 2.45) is 5.41 Å². The van der Waals surface area contributed by atoms with Crippen LogP contribution in [0.25, 0.3) is 0 Å². The molecule has 0 spiro atoms. The lowest BCUT2D eigenvalue weighted by molar-refractivity contribution is 0.357. The van der Waals surface area contributed by atoms with Crippen molar-refractivity contribution in [3.05, 3.63) is 0 Å². The van der Waals surface area contributed by atoms with E-state index in [1.807, 2.05) is 0 Å². The van der Waals surface area contributed by atoms with E-state index in [1.165, 1.54) is 0 Å². The van der Waals surface area contributed by atoms with Gasteiger partial charge in [-0.2, -0.15) is 5.26 Å². The maximum absolute atomic E-state index is 8.62. The average molecular weight is 184 g/mol. The number of rotatable bonds is 2. The molecular weight excluding hydrogens is 164 g/mol. The molecule has 1 atom stereocenters. The molecule has 0 aliphatic heterocycles. The molecule has 0 heterocycles. The van der Waals surface area contributed by atoms with Gasteiger partial charge in [0, 0.05) is 5.67 Å². The zero-order valence-corrected chi connectivity index (χ0v) is 10.0. The van der Waals surface area contributed by atoms with Gasteiger partial charge in [-0.1, -0.05) is 40.4 Å². The van der Waals surface area contributed by atoms with Crippen LogP contribution in [-0.4, -0.2) is 13.7 Å². The van der Waals surface area contributed by atoms with E-state index in [9.17, 15) is 0 Å². The Balaban J connectivity index is 4.59. The molecule has 70 valence electrons. The fourth-order valence-electron chi connectivity index (χ4n) is 1.80. The lowest BCUT2D eigenvalue weighted by Gasteiger charge is -2.38. The van der Waals surface area contributed by atoms with Gasteiger partial charge in [-0.05, 0) is 5.41 Å². The van der Waals surface area contributed by atoms with Crippen molar-refractivity contribution in [3.8, 4) is 6.19 Å². The van der Waals surface area contributed by atoms with E-state index in [2.05, 4.69) is 51.9 Å². The lowest BCUT2D eigenvalue weighted by atomic mass is 9.96. The Kier molecular flexibility index (Phi) is 3.34. The van der Waals surface area contributed by atoms with Crippen LogP contribution in [0.5, 0.6) is 0 Å². The summed E-state index contributed by atoms with van der Waals surface area (Å²) in [4.78, 5) is 0.